The second kappa shape index (κ2) is 10.8. The standard InChI is InChI=1S/C33H29N5O3/c1-20-29(14-24(18-34-20)37-33(40)28-6-4-5-27-26(28)11-12-31(27)39)22-13-23-17-36-32(15-30(23)35-16-22)38(2)19-21-7-9-25(41-3)10-8-21/h4-10,13-18H,11-12,19H2,1-3H3,(H,37,40). The molecule has 0 unspecified atom stereocenters. The van der Waals surface area contributed by atoms with Crippen LogP contribution < -0.4 is 15.0 Å². The minimum atomic E-state index is -0.250. The third-order valence-corrected chi connectivity index (χ3v) is 7.50. The van der Waals surface area contributed by atoms with E-state index in [4.69, 9.17) is 9.72 Å². The molecule has 3 heterocycles. The molecular formula is C33H29N5O3. The molecule has 0 saturated heterocycles. The van der Waals surface area contributed by atoms with Crippen molar-refractivity contribution in [3.05, 3.63) is 107 Å². The van der Waals surface area contributed by atoms with E-state index < -0.39 is 0 Å². The molecule has 0 fully saturated rings. The number of nitrogens with one attached hydrogen (secondary N) is 1. The molecule has 8 heteroatoms. The zero-order valence-corrected chi connectivity index (χ0v) is 23.1. The normalized spacial score (nSPS) is 12.3. The molecule has 1 amide bonds. The third kappa shape index (κ3) is 5.24. The molecule has 6 rings (SSSR count). The number of pyridine rings is 3. The second-order valence-corrected chi connectivity index (χ2v) is 10.2. The molecule has 3 aromatic heterocycles. The molecule has 5 aromatic rings. The first kappa shape index (κ1) is 26.1. The Morgan fingerprint density at radius 2 is 1.78 bits per heavy atom. The number of methoxy groups -OCH3 is 1. The quantitative estimate of drug-likeness (QED) is 0.268. The van der Waals surface area contributed by atoms with Gasteiger partial charge < -0.3 is 15.0 Å². The fourth-order valence-electron chi connectivity index (χ4n) is 5.25. The topological polar surface area (TPSA) is 97.3 Å². The van der Waals surface area contributed by atoms with E-state index in [0.717, 1.165) is 50.4 Å². The van der Waals surface area contributed by atoms with E-state index in [1.165, 1.54) is 0 Å². The Morgan fingerprint density at radius 3 is 2.59 bits per heavy atom. The lowest BCUT2D eigenvalue weighted by molar-refractivity contribution is 0.0993. The predicted molar refractivity (Wildman–Crippen MR) is 160 cm³/mol. The van der Waals surface area contributed by atoms with Gasteiger partial charge in [0.05, 0.1) is 24.5 Å². The van der Waals surface area contributed by atoms with Crippen LogP contribution in [0.25, 0.3) is 22.0 Å². The van der Waals surface area contributed by atoms with Crippen LogP contribution in [0.5, 0.6) is 5.75 Å². The van der Waals surface area contributed by atoms with Gasteiger partial charge in [0, 0.05) is 71.8 Å². The number of fused-ring (bicyclic) bond motifs is 2. The first-order chi connectivity index (χ1) is 19.9. The molecule has 8 nitrogen and oxygen atoms in total. The van der Waals surface area contributed by atoms with Gasteiger partial charge in [-0.15, -0.1) is 0 Å². The number of nitrogens with zero attached hydrogens (tertiary/aromatic N) is 4. The Bertz CT molecular complexity index is 1800. The van der Waals surface area contributed by atoms with Crippen LogP contribution in [-0.4, -0.2) is 40.8 Å². The fraction of sp³-hybridized carbons (Fsp3) is 0.182. The Kier molecular flexibility index (Phi) is 6.89. The van der Waals surface area contributed by atoms with Crippen LogP contribution in [-0.2, 0) is 13.0 Å². The van der Waals surface area contributed by atoms with Crippen molar-refractivity contribution < 1.29 is 14.3 Å². The summed E-state index contributed by atoms with van der Waals surface area (Å²) in [6.45, 7) is 2.63. The molecule has 0 radical (unpaired) electrons. The highest BCUT2D eigenvalue weighted by molar-refractivity contribution is 6.10. The molecule has 0 aliphatic heterocycles. The Labute approximate surface area is 238 Å². The second-order valence-electron chi connectivity index (χ2n) is 10.2. The zero-order valence-electron chi connectivity index (χ0n) is 23.1. The molecule has 0 atom stereocenters. The fourth-order valence-corrected chi connectivity index (χ4v) is 5.25. The van der Waals surface area contributed by atoms with Crippen molar-refractivity contribution in [2.45, 2.75) is 26.3 Å². The van der Waals surface area contributed by atoms with Gasteiger partial charge in [0.25, 0.3) is 5.91 Å². The van der Waals surface area contributed by atoms with Gasteiger partial charge in [-0.3, -0.25) is 19.6 Å². The number of aryl methyl sites for hydroxylation is 1. The SMILES string of the molecule is COc1ccc(CN(C)c2cc3ncc(-c4cc(NC(=O)c5cccc6c5CCC6=O)cnc4C)cc3cn2)cc1. The summed E-state index contributed by atoms with van der Waals surface area (Å²) in [6.07, 6.45) is 6.33. The summed E-state index contributed by atoms with van der Waals surface area (Å²) in [5, 5.41) is 3.87. The van der Waals surface area contributed by atoms with Crippen LogP contribution in [0.2, 0.25) is 0 Å². The van der Waals surface area contributed by atoms with Gasteiger partial charge in [0.2, 0.25) is 0 Å². The Balaban J connectivity index is 1.22. The number of anilines is 2. The van der Waals surface area contributed by atoms with E-state index in [-0.39, 0.29) is 11.7 Å². The maximum Gasteiger partial charge on any atom is 0.256 e. The van der Waals surface area contributed by atoms with Crippen LogP contribution >= 0.6 is 0 Å². The molecule has 1 aliphatic rings. The first-order valence-corrected chi connectivity index (χ1v) is 13.4. The van der Waals surface area contributed by atoms with Crippen molar-refractivity contribution >= 4 is 34.1 Å². The molecule has 0 saturated carbocycles. The number of aromatic nitrogens is 3. The van der Waals surface area contributed by atoms with E-state index in [1.807, 2.05) is 68.8 Å². The number of carbonyl (C=O) groups is 2. The molecule has 2 aromatic carbocycles. The third-order valence-electron chi connectivity index (χ3n) is 7.50. The zero-order chi connectivity index (χ0) is 28.5. The minimum absolute atomic E-state index is 0.0863. The molecule has 1 aliphatic carbocycles. The van der Waals surface area contributed by atoms with E-state index in [2.05, 4.69) is 20.2 Å². The van der Waals surface area contributed by atoms with E-state index in [1.54, 1.807) is 31.5 Å². The van der Waals surface area contributed by atoms with Crippen molar-refractivity contribution in [3.8, 4) is 16.9 Å². The van der Waals surface area contributed by atoms with Gasteiger partial charge in [-0.1, -0.05) is 24.3 Å². The maximum absolute atomic E-state index is 13.1. The van der Waals surface area contributed by atoms with Crippen LogP contribution in [0.4, 0.5) is 11.5 Å². The van der Waals surface area contributed by atoms with Crippen LogP contribution in [0.15, 0.2) is 79.3 Å². The van der Waals surface area contributed by atoms with Gasteiger partial charge in [-0.25, -0.2) is 4.98 Å². The smallest absolute Gasteiger partial charge is 0.256 e. The number of amides is 1. The number of hydrogen-bond acceptors (Lipinski definition) is 7. The number of ether oxygens (including phenoxy) is 1. The summed E-state index contributed by atoms with van der Waals surface area (Å²) in [5.41, 5.74) is 7.12. The van der Waals surface area contributed by atoms with E-state index >= 15 is 0 Å². The summed E-state index contributed by atoms with van der Waals surface area (Å²) in [6, 6.07) is 19.2. The highest BCUT2D eigenvalue weighted by Crippen LogP contribution is 2.30. The average molecular weight is 544 g/mol. The number of benzene rings is 2. The lowest BCUT2D eigenvalue weighted by atomic mass is 10.0. The Hall–Kier alpha value is -5.11. The maximum atomic E-state index is 13.1. The summed E-state index contributed by atoms with van der Waals surface area (Å²) >= 11 is 0. The lowest BCUT2D eigenvalue weighted by Crippen LogP contribution is -2.17. The largest absolute Gasteiger partial charge is 0.497 e. The van der Waals surface area contributed by atoms with Crippen molar-refractivity contribution in [2.75, 3.05) is 24.4 Å². The van der Waals surface area contributed by atoms with Crippen molar-refractivity contribution in [1.82, 2.24) is 15.0 Å². The van der Waals surface area contributed by atoms with E-state index in [9.17, 15) is 9.59 Å². The molecular weight excluding hydrogens is 514 g/mol. The summed E-state index contributed by atoms with van der Waals surface area (Å²) in [7, 11) is 3.66. The van der Waals surface area contributed by atoms with Crippen LogP contribution in [0.3, 0.4) is 0 Å². The molecule has 0 spiro atoms. The van der Waals surface area contributed by atoms with Crippen molar-refractivity contribution in [3.63, 3.8) is 0 Å². The number of hydrogen-bond donors (Lipinski definition) is 1. The van der Waals surface area contributed by atoms with Gasteiger partial charge in [-0.05, 0) is 54.8 Å². The van der Waals surface area contributed by atoms with Crippen molar-refractivity contribution in [2.24, 2.45) is 0 Å². The number of carbonyl (C=O) groups excluding carboxylic acids is 2. The first-order valence-electron chi connectivity index (χ1n) is 13.4. The predicted octanol–water partition coefficient (Wildman–Crippen LogP) is 6.03. The lowest BCUT2D eigenvalue weighted by Gasteiger charge is -2.19. The van der Waals surface area contributed by atoms with Crippen LogP contribution in [0.1, 0.15) is 44.0 Å². The van der Waals surface area contributed by atoms with Crippen LogP contribution in [0, 0.1) is 6.92 Å². The molecule has 0 bridgehead atoms. The number of rotatable bonds is 7. The highest BCUT2D eigenvalue weighted by atomic mass is 16.5. The highest BCUT2D eigenvalue weighted by Gasteiger charge is 2.24. The van der Waals surface area contributed by atoms with Gasteiger partial charge >= 0.3 is 0 Å². The average Bonchev–Trinajstić information content (AvgIpc) is 3.38. The monoisotopic (exact) mass is 543 g/mol. The summed E-state index contributed by atoms with van der Waals surface area (Å²) in [4.78, 5) is 41.3. The molecule has 204 valence electrons. The number of Topliss-reactive ketones (excluding diaryl/α,β-unsaturated/α-hetero) is 1. The summed E-state index contributed by atoms with van der Waals surface area (Å²) in [5.74, 6) is 1.49. The van der Waals surface area contributed by atoms with E-state index in [0.29, 0.717) is 36.2 Å². The Morgan fingerprint density at radius 1 is 0.951 bits per heavy atom. The summed E-state index contributed by atoms with van der Waals surface area (Å²) < 4.78 is 5.25. The minimum Gasteiger partial charge on any atom is -0.497 e. The molecule has 1 N–H and O–H groups in total. The molecule has 41 heavy (non-hydrogen) atoms. The van der Waals surface area contributed by atoms with Crippen molar-refractivity contribution in [1.29, 1.82) is 0 Å². The number of ketones is 1. The van der Waals surface area contributed by atoms with Gasteiger partial charge in [0.1, 0.15) is 11.6 Å². The van der Waals surface area contributed by atoms with Gasteiger partial charge in [0.15, 0.2) is 5.78 Å². The van der Waals surface area contributed by atoms with Gasteiger partial charge in [-0.2, -0.15) is 0 Å².